The molecule has 3 rings (SSSR count). The third-order valence-electron chi connectivity index (χ3n) is 4.75. The van der Waals surface area contributed by atoms with Crippen molar-refractivity contribution >= 4 is 10.3 Å². The molecule has 1 nitrogen and oxygen atoms in total. The molecule has 2 heteroatoms. The second kappa shape index (κ2) is 5.34. The van der Waals surface area contributed by atoms with E-state index in [-0.39, 0.29) is 0 Å². The summed E-state index contributed by atoms with van der Waals surface area (Å²) < 4.78 is 6.45. The molecule has 0 saturated heterocycles. The van der Waals surface area contributed by atoms with Crippen LogP contribution in [0.15, 0.2) is 47.4 Å². The molecule has 2 bridgehead atoms. The standard InChI is InChI=1S/C17H24OS/c1-3-19(2,17-7-5-4-6-8-17)18-13-16-12-14-9-10-15(16)11-14/h4-10,14-16H,3,11-13H2,1-2H3. The average molecular weight is 276 g/mol. The van der Waals surface area contributed by atoms with Crippen LogP contribution >= 0.6 is 10.3 Å². The van der Waals surface area contributed by atoms with Crippen molar-refractivity contribution in [2.24, 2.45) is 17.8 Å². The Morgan fingerprint density at radius 1 is 1.16 bits per heavy atom. The predicted octanol–water partition coefficient (Wildman–Crippen LogP) is 4.64. The fourth-order valence-corrected chi connectivity index (χ4v) is 5.19. The molecule has 4 unspecified atom stereocenters. The van der Waals surface area contributed by atoms with Crippen LogP contribution < -0.4 is 0 Å². The highest BCUT2D eigenvalue weighted by atomic mass is 32.3. The fourth-order valence-electron chi connectivity index (χ4n) is 3.35. The largest absolute Gasteiger partial charge is 0.332 e. The zero-order chi connectivity index (χ0) is 13.3. The number of hydrogen-bond acceptors (Lipinski definition) is 1. The van der Waals surface area contributed by atoms with Gasteiger partial charge in [-0.3, -0.25) is 0 Å². The quantitative estimate of drug-likeness (QED) is 0.712. The van der Waals surface area contributed by atoms with Gasteiger partial charge in [0.1, 0.15) is 0 Å². The van der Waals surface area contributed by atoms with Gasteiger partial charge in [-0.25, -0.2) is 0 Å². The van der Waals surface area contributed by atoms with E-state index in [9.17, 15) is 0 Å². The molecule has 1 saturated carbocycles. The molecule has 0 radical (unpaired) electrons. The molecule has 104 valence electrons. The molecule has 0 aliphatic heterocycles. The van der Waals surface area contributed by atoms with Gasteiger partial charge in [0.05, 0.1) is 6.61 Å². The van der Waals surface area contributed by atoms with Crippen LogP contribution in [0.3, 0.4) is 0 Å². The Bertz CT molecular complexity index is 456. The van der Waals surface area contributed by atoms with E-state index in [0.29, 0.717) is 0 Å². The number of fused-ring (bicyclic) bond motifs is 2. The van der Waals surface area contributed by atoms with Gasteiger partial charge in [0.25, 0.3) is 0 Å². The Labute approximate surface area is 118 Å². The SMILES string of the molecule is CCS(C)(OCC1CC2C=CC1C2)c1ccccc1. The second-order valence-electron chi connectivity index (χ2n) is 5.93. The van der Waals surface area contributed by atoms with Crippen LogP contribution in [0, 0.1) is 17.8 Å². The van der Waals surface area contributed by atoms with Crippen molar-refractivity contribution in [1.29, 1.82) is 0 Å². The highest BCUT2D eigenvalue weighted by Gasteiger charge is 2.36. The summed E-state index contributed by atoms with van der Waals surface area (Å²) in [7, 11) is -1.08. The van der Waals surface area contributed by atoms with Crippen molar-refractivity contribution in [2.75, 3.05) is 18.6 Å². The molecule has 2 aliphatic rings. The van der Waals surface area contributed by atoms with Crippen LogP contribution in [0.5, 0.6) is 0 Å². The van der Waals surface area contributed by atoms with Crippen LogP contribution in [0.4, 0.5) is 0 Å². The van der Waals surface area contributed by atoms with Crippen LogP contribution in [0.1, 0.15) is 19.8 Å². The molecule has 0 spiro atoms. The number of allylic oxidation sites excluding steroid dienone is 2. The molecule has 2 aliphatic carbocycles. The fraction of sp³-hybridized carbons (Fsp3) is 0.529. The second-order valence-corrected chi connectivity index (χ2v) is 9.23. The van der Waals surface area contributed by atoms with Crippen molar-refractivity contribution in [3.05, 3.63) is 42.5 Å². The first-order valence-corrected chi connectivity index (χ1v) is 9.48. The molecule has 1 aromatic rings. The molecule has 0 N–H and O–H groups in total. The van der Waals surface area contributed by atoms with E-state index in [1.54, 1.807) is 0 Å². The average Bonchev–Trinajstić information content (AvgIpc) is 3.08. The topological polar surface area (TPSA) is 9.23 Å². The van der Waals surface area contributed by atoms with E-state index in [0.717, 1.165) is 30.1 Å². The monoisotopic (exact) mass is 276 g/mol. The van der Waals surface area contributed by atoms with Crippen LogP contribution in [-0.2, 0) is 4.18 Å². The van der Waals surface area contributed by atoms with Crippen molar-refractivity contribution in [1.82, 2.24) is 0 Å². The first kappa shape index (κ1) is 13.3. The molecule has 0 aromatic heterocycles. The minimum Gasteiger partial charge on any atom is -0.332 e. The molecule has 19 heavy (non-hydrogen) atoms. The summed E-state index contributed by atoms with van der Waals surface area (Å²) in [5.74, 6) is 3.50. The minimum atomic E-state index is -1.08. The van der Waals surface area contributed by atoms with E-state index >= 15 is 0 Å². The Morgan fingerprint density at radius 3 is 2.53 bits per heavy atom. The molecule has 0 heterocycles. The summed E-state index contributed by atoms with van der Waals surface area (Å²) in [6.45, 7) is 3.20. The molecule has 4 atom stereocenters. The van der Waals surface area contributed by atoms with Gasteiger partial charge >= 0.3 is 0 Å². The van der Waals surface area contributed by atoms with Crippen LogP contribution in [-0.4, -0.2) is 18.6 Å². The first-order valence-electron chi connectivity index (χ1n) is 7.35. The minimum absolute atomic E-state index is 0.761. The van der Waals surface area contributed by atoms with Crippen molar-refractivity contribution in [2.45, 2.75) is 24.7 Å². The lowest BCUT2D eigenvalue weighted by molar-refractivity contribution is 0.251. The van der Waals surface area contributed by atoms with Crippen LogP contribution in [0.2, 0.25) is 0 Å². The molecule has 0 amide bonds. The maximum atomic E-state index is 6.45. The summed E-state index contributed by atoms with van der Waals surface area (Å²) in [5.41, 5.74) is 0. The third kappa shape index (κ3) is 2.61. The molecule has 1 aromatic carbocycles. The molecule has 1 fully saturated rings. The van der Waals surface area contributed by atoms with Crippen molar-refractivity contribution < 1.29 is 4.18 Å². The predicted molar refractivity (Wildman–Crippen MR) is 83.6 cm³/mol. The van der Waals surface area contributed by atoms with E-state index in [1.807, 2.05) is 0 Å². The van der Waals surface area contributed by atoms with Gasteiger partial charge in [0.2, 0.25) is 0 Å². The smallest absolute Gasteiger partial charge is 0.0630 e. The van der Waals surface area contributed by atoms with E-state index in [2.05, 4.69) is 55.7 Å². The number of rotatable bonds is 5. The van der Waals surface area contributed by atoms with Crippen molar-refractivity contribution in [3.8, 4) is 0 Å². The highest BCUT2D eigenvalue weighted by Crippen LogP contribution is 2.54. The number of benzene rings is 1. The van der Waals surface area contributed by atoms with Gasteiger partial charge in [-0.1, -0.05) is 37.3 Å². The van der Waals surface area contributed by atoms with Gasteiger partial charge in [0.15, 0.2) is 0 Å². The van der Waals surface area contributed by atoms with Gasteiger partial charge in [-0.15, -0.1) is 10.3 Å². The van der Waals surface area contributed by atoms with E-state index in [1.165, 1.54) is 17.7 Å². The van der Waals surface area contributed by atoms with Gasteiger partial charge in [-0.05, 0) is 49.0 Å². The van der Waals surface area contributed by atoms with Gasteiger partial charge in [-0.2, -0.15) is 0 Å². The third-order valence-corrected chi connectivity index (χ3v) is 7.78. The van der Waals surface area contributed by atoms with E-state index < -0.39 is 10.3 Å². The van der Waals surface area contributed by atoms with Crippen LogP contribution in [0.25, 0.3) is 0 Å². The van der Waals surface area contributed by atoms with Crippen molar-refractivity contribution in [3.63, 3.8) is 0 Å². The summed E-state index contributed by atoms with van der Waals surface area (Å²) in [6, 6.07) is 10.8. The Balaban J connectivity index is 1.65. The van der Waals surface area contributed by atoms with Gasteiger partial charge < -0.3 is 4.18 Å². The lowest BCUT2D eigenvalue weighted by atomic mass is 9.95. The summed E-state index contributed by atoms with van der Waals surface area (Å²) in [6.07, 6.45) is 9.85. The Morgan fingerprint density at radius 2 is 1.95 bits per heavy atom. The van der Waals surface area contributed by atoms with E-state index in [4.69, 9.17) is 4.18 Å². The Kier molecular flexibility index (Phi) is 3.72. The maximum absolute atomic E-state index is 6.45. The zero-order valence-electron chi connectivity index (χ0n) is 11.9. The molecular weight excluding hydrogens is 252 g/mol. The summed E-state index contributed by atoms with van der Waals surface area (Å²) in [5, 5.41) is 0. The highest BCUT2D eigenvalue weighted by molar-refractivity contribution is 8.29. The number of hydrogen-bond donors (Lipinski definition) is 0. The first-order chi connectivity index (χ1) is 9.21. The maximum Gasteiger partial charge on any atom is 0.0630 e. The lowest BCUT2D eigenvalue weighted by Gasteiger charge is -2.36. The lowest BCUT2D eigenvalue weighted by Crippen LogP contribution is -2.17. The van der Waals surface area contributed by atoms with Gasteiger partial charge in [0, 0.05) is 10.6 Å². The Hall–Kier alpha value is -0.730. The summed E-state index contributed by atoms with van der Waals surface area (Å²) >= 11 is 0. The summed E-state index contributed by atoms with van der Waals surface area (Å²) in [4.78, 5) is 1.39. The zero-order valence-corrected chi connectivity index (χ0v) is 12.7. The molecular formula is C17H24OS. The normalized spacial score (nSPS) is 33.3.